The van der Waals surface area contributed by atoms with Crippen molar-refractivity contribution in [2.24, 2.45) is 0 Å². The molecule has 0 aliphatic carbocycles. The van der Waals surface area contributed by atoms with E-state index in [1.54, 1.807) is 31.2 Å². The summed E-state index contributed by atoms with van der Waals surface area (Å²) in [4.78, 5) is 16.6. The maximum absolute atomic E-state index is 13.5. The SMILES string of the molecule is CCNc1cc(C(=O)Nc2cccc(F)c2C)cc(C)n1. The number of halogens is 1. The summed E-state index contributed by atoms with van der Waals surface area (Å²) in [6.07, 6.45) is 0. The van der Waals surface area contributed by atoms with Crippen molar-refractivity contribution in [3.05, 3.63) is 53.0 Å². The minimum Gasteiger partial charge on any atom is -0.370 e. The fourth-order valence-electron chi connectivity index (χ4n) is 2.01. The number of aromatic nitrogens is 1. The van der Waals surface area contributed by atoms with E-state index >= 15 is 0 Å². The molecule has 0 radical (unpaired) electrons. The molecule has 0 saturated carbocycles. The molecule has 0 aliphatic heterocycles. The smallest absolute Gasteiger partial charge is 0.255 e. The molecule has 0 unspecified atom stereocenters. The quantitative estimate of drug-likeness (QED) is 0.904. The Morgan fingerprint density at radius 2 is 2.05 bits per heavy atom. The number of aryl methyl sites for hydroxylation is 1. The van der Waals surface area contributed by atoms with Gasteiger partial charge in [-0.1, -0.05) is 6.07 Å². The van der Waals surface area contributed by atoms with E-state index in [4.69, 9.17) is 0 Å². The number of nitrogens with zero attached hydrogens (tertiary/aromatic N) is 1. The summed E-state index contributed by atoms with van der Waals surface area (Å²) >= 11 is 0. The van der Waals surface area contributed by atoms with Crippen LogP contribution >= 0.6 is 0 Å². The zero-order valence-electron chi connectivity index (χ0n) is 12.3. The molecule has 21 heavy (non-hydrogen) atoms. The summed E-state index contributed by atoms with van der Waals surface area (Å²) in [5.74, 6) is 0.0269. The summed E-state index contributed by atoms with van der Waals surface area (Å²) < 4.78 is 13.5. The molecule has 0 fully saturated rings. The standard InChI is InChI=1S/C16H18FN3O/c1-4-18-15-9-12(8-10(2)19-15)16(21)20-14-7-5-6-13(17)11(14)3/h5-9H,4H2,1-3H3,(H,18,19)(H,20,21). The van der Waals surface area contributed by atoms with E-state index in [9.17, 15) is 9.18 Å². The van der Waals surface area contributed by atoms with Crippen molar-refractivity contribution in [2.75, 3.05) is 17.2 Å². The van der Waals surface area contributed by atoms with Gasteiger partial charge in [0, 0.05) is 29.1 Å². The number of nitrogens with one attached hydrogen (secondary N) is 2. The highest BCUT2D eigenvalue weighted by Crippen LogP contribution is 2.19. The number of amides is 1. The van der Waals surface area contributed by atoms with Gasteiger partial charge in [-0.15, -0.1) is 0 Å². The predicted molar refractivity (Wildman–Crippen MR) is 82.2 cm³/mol. The molecular weight excluding hydrogens is 269 g/mol. The maximum atomic E-state index is 13.5. The first kappa shape index (κ1) is 15.0. The Labute approximate surface area is 123 Å². The van der Waals surface area contributed by atoms with Gasteiger partial charge in [0.15, 0.2) is 0 Å². The molecule has 0 saturated heterocycles. The summed E-state index contributed by atoms with van der Waals surface area (Å²) in [5, 5.41) is 5.81. The molecule has 1 aromatic carbocycles. The van der Waals surface area contributed by atoms with Gasteiger partial charge in [-0.05, 0) is 45.0 Å². The van der Waals surface area contributed by atoms with Crippen LogP contribution in [0.3, 0.4) is 0 Å². The van der Waals surface area contributed by atoms with Crippen LogP contribution in [0.25, 0.3) is 0 Å². The molecule has 4 nitrogen and oxygen atoms in total. The molecule has 0 spiro atoms. The molecule has 0 aliphatic rings. The third-order valence-corrected chi connectivity index (χ3v) is 3.09. The van der Waals surface area contributed by atoms with Gasteiger partial charge < -0.3 is 10.6 Å². The molecule has 2 rings (SSSR count). The molecular formula is C16H18FN3O. The fourth-order valence-corrected chi connectivity index (χ4v) is 2.01. The predicted octanol–water partition coefficient (Wildman–Crippen LogP) is 3.52. The molecule has 0 bridgehead atoms. The summed E-state index contributed by atoms with van der Waals surface area (Å²) in [6, 6.07) is 7.99. The molecule has 110 valence electrons. The Morgan fingerprint density at radius 1 is 1.29 bits per heavy atom. The molecule has 5 heteroatoms. The highest BCUT2D eigenvalue weighted by Gasteiger charge is 2.11. The normalized spacial score (nSPS) is 10.3. The van der Waals surface area contributed by atoms with Crippen LogP contribution in [-0.2, 0) is 0 Å². The van der Waals surface area contributed by atoms with Crippen molar-refractivity contribution in [3.63, 3.8) is 0 Å². The van der Waals surface area contributed by atoms with Crippen LogP contribution in [0.1, 0.15) is 28.5 Å². The van der Waals surface area contributed by atoms with E-state index in [2.05, 4.69) is 15.6 Å². The van der Waals surface area contributed by atoms with Crippen LogP contribution < -0.4 is 10.6 Å². The Kier molecular flexibility index (Phi) is 4.52. The van der Waals surface area contributed by atoms with Crippen LogP contribution in [0, 0.1) is 19.7 Å². The highest BCUT2D eigenvalue weighted by atomic mass is 19.1. The second-order valence-electron chi connectivity index (χ2n) is 4.78. The number of carbonyl (C=O) groups excluding carboxylic acids is 1. The third kappa shape index (κ3) is 3.56. The Balaban J connectivity index is 2.26. The number of anilines is 2. The zero-order valence-corrected chi connectivity index (χ0v) is 12.3. The van der Waals surface area contributed by atoms with Crippen LogP contribution in [0.15, 0.2) is 30.3 Å². The zero-order chi connectivity index (χ0) is 15.4. The third-order valence-electron chi connectivity index (χ3n) is 3.09. The monoisotopic (exact) mass is 287 g/mol. The molecule has 1 heterocycles. The van der Waals surface area contributed by atoms with Gasteiger partial charge in [0.2, 0.25) is 0 Å². The Hall–Kier alpha value is -2.43. The number of hydrogen-bond acceptors (Lipinski definition) is 3. The molecule has 1 aromatic heterocycles. The average Bonchev–Trinajstić information content (AvgIpc) is 2.43. The van der Waals surface area contributed by atoms with Gasteiger partial charge in [0.25, 0.3) is 5.91 Å². The molecule has 2 N–H and O–H groups in total. The topological polar surface area (TPSA) is 54.0 Å². The maximum Gasteiger partial charge on any atom is 0.255 e. The van der Waals surface area contributed by atoms with Gasteiger partial charge in [-0.3, -0.25) is 4.79 Å². The summed E-state index contributed by atoms with van der Waals surface area (Å²) in [7, 11) is 0. The van der Waals surface area contributed by atoms with Crippen molar-refractivity contribution in [2.45, 2.75) is 20.8 Å². The first-order chi connectivity index (χ1) is 10.0. The van der Waals surface area contributed by atoms with Gasteiger partial charge in [-0.2, -0.15) is 0 Å². The van der Waals surface area contributed by atoms with Crippen molar-refractivity contribution in [1.82, 2.24) is 4.98 Å². The van der Waals surface area contributed by atoms with E-state index in [0.29, 0.717) is 22.6 Å². The number of carbonyl (C=O) groups is 1. The fraction of sp³-hybridized carbons (Fsp3) is 0.250. The van der Waals surface area contributed by atoms with E-state index in [0.717, 1.165) is 12.2 Å². The van der Waals surface area contributed by atoms with Crippen molar-refractivity contribution in [1.29, 1.82) is 0 Å². The molecule has 2 aromatic rings. The van der Waals surface area contributed by atoms with Crippen molar-refractivity contribution < 1.29 is 9.18 Å². The van der Waals surface area contributed by atoms with Crippen LogP contribution in [0.2, 0.25) is 0 Å². The molecule has 1 amide bonds. The van der Waals surface area contributed by atoms with E-state index in [-0.39, 0.29) is 11.7 Å². The Bertz CT molecular complexity index is 671. The largest absolute Gasteiger partial charge is 0.370 e. The average molecular weight is 287 g/mol. The first-order valence-corrected chi connectivity index (χ1v) is 6.80. The Morgan fingerprint density at radius 3 is 2.76 bits per heavy atom. The van der Waals surface area contributed by atoms with E-state index in [1.807, 2.05) is 13.8 Å². The van der Waals surface area contributed by atoms with Crippen molar-refractivity contribution >= 4 is 17.4 Å². The van der Waals surface area contributed by atoms with Gasteiger partial charge in [-0.25, -0.2) is 9.37 Å². The first-order valence-electron chi connectivity index (χ1n) is 6.80. The number of rotatable bonds is 4. The van der Waals surface area contributed by atoms with E-state index < -0.39 is 0 Å². The summed E-state index contributed by atoms with van der Waals surface area (Å²) in [5.41, 5.74) is 2.12. The lowest BCUT2D eigenvalue weighted by Gasteiger charge is -2.11. The number of hydrogen-bond donors (Lipinski definition) is 2. The van der Waals surface area contributed by atoms with Gasteiger partial charge >= 0.3 is 0 Å². The van der Waals surface area contributed by atoms with Crippen LogP contribution in [0.5, 0.6) is 0 Å². The lowest BCUT2D eigenvalue weighted by molar-refractivity contribution is 0.102. The second kappa shape index (κ2) is 6.35. The highest BCUT2D eigenvalue weighted by molar-refractivity contribution is 6.05. The second-order valence-corrected chi connectivity index (χ2v) is 4.78. The van der Waals surface area contributed by atoms with Gasteiger partial charge in [0.1, 0.15) is 11.6 Å². The van der Waals surface area contributed by atoms with Crippen LogP contribution in [-0.4, -0.2) is 17.4 Å². The minimum atomic E-state index is -0.341. The van der Waals surface area contributed by atoms with E-state index in [1.165, 1.54) is 6.07 Å². The van der Waals surface area contributed by atoms with Gasteiger partial charge in [0.05, 0.1) is 0 Å². The van der Waals surface area contributed by atoms with Crippen molar-refractivity contribution in [3.8, 4) is 0 Å². The summed E-state index contributed by atoms with van der Waals surface area (Å²) in [6.45, 7) is 6.14. The number of benzene rings is 1. The number of pyridine rings is 1. The molecule has 0 atom stereocenters. The lowest BCUT2D eigenvalue weighted by atomic mass is 10.1. The lowest BCUT2D eigenvalue weighted by Crippen LogP contribution is -2.14. The van der Waals surface area contributed by atoms with Crippen LogP contribution in [0.4, 0.5) is 15.9 Å². The minimum absolute atomic E-state index is 0.284.